The first-order chi connectivity index (χ1) is 7.02. The van der Waals surface area contributed by atoms with Gasteiger partial charge in [-0.2, -0.15) is 0 Å². The van der Waals surface area contributed by atoms with Gasteiger partial charge in [-0.15, -0.1) is 0 Å². The van der Waals surface area contributed by atoms with E-state index in [-0.39, 0.29) is 11.8 Å². The predicted molar refractivity (Wildman–Crippen MR) is 62.6 cm³/mol. The van der Waals surface area contributed by atoms with Crippen LogP contribution in [0.25, 0.3) is 0 Å². The SMILES string of the molecule is CC(C)C(C)C(=O)NC1CNCCC1C. The molecule has 0 aromatic rings. The summed E-state index contributed by atoms with van der Waals surface area (Å²) in [4.78, 5) is 11.9. The topological polar surface area (TPSA) is 41.1 Å². The lowest BCUT2D eigenvalue weighted by molar-refractivity contribution is -0.126. The second-order valence-corrected chi connectivity index (χ2v) is 5.12. The van der Waals surface area contributed by atoms with Gasteiger partial charge in [-0.1, -0.05) is 27.7 Å². The van der Waals surface area contributed by atoms with Crippen LogP contribution in [0.15, 0.2) is 0 Å². The van der Waals surface area contributed by atoms with Crippen molar-refractivity contribution in [2.24, 2.45) is 17.8 Å². The van der Waals surface area contributed by atoms with E-state index in [1.54, 1.807) is 0 Å². The summed E-state index contributed by atoms with van der Waals surface area (Å²) in [7, 11) is 0. The zero-order valence-electron chi connectivity index (χ0n) is 10.3. The Kier molecular flexibility index (Phi) is 4.58. The second-order valence-electron chi connectivity index (χ2n) is 5.12. The second kappa shape index (κ2) is 5.50. The molecular formula is C12H24N2O. The highest BCUT2D eigenvalue weighted by atomic mass is 16.1. The lowest BCUT2D eigenvalue weighted by atomic mass is 9.92. The zero-order chi connectivity index (χ0) is 11.4. The van der Waals surface area contributed by atoms with Gasteiger partial charge in [0.2, 0.25) is 5.91 Å². The Labute approximate surface area is 93.0 Å². The Bertz CT molecular complexity index is 216. The van der Waals surface area contributed by atoms with Crippen molar-refractivity contribution in [3.63, 3.8) is 0 Å². The van der Waals surface area contributed by atoms with Gasteiger partial charge in [-0.05, 0) is 24.8 Å². The zero-order valence-corrected chi connectivity index (χ0v) is 10.3. The molecule has 0 spiro atoms. The minimum absolute atomic E-state index is 0.110. The Morgan fingerprint density at radius 2 is 2.07 bits per heavy atom. The van der Waals surface area contributed by atoms with E-state index < -0.39 is 0 Å². The molecule has 0 aromatic heterocycles. The molecule has 1 aliphatic rings. The Balaban J connectivity index is 2.42. The number of carbonyl (C=O) groups is 1. The van der Waals surface area contributed by atoms with Crippen LogP contribution in [0.4, 0.5) is 0 Å². The van der Waals surface area contributed by atoms with E-state index in [0.29, 0.717) is 17.9 Å². The third-order valence-electron chi connectivity index (χ3n) is 3.57. The molecular weight excluding hydrogens is 188 g/mol. The molecule has 1 amide bonds. The molecule has 15 heavy (non-hydrogen) atoms. The number of hydrogen-bond donors (Lipinski definition) is 2. The molecule has 3 atom stereocenters. The number of rotatable bonds is 3. The van der Waals surface area contributed by atoms with Gasteiger partial charge in [0.15, 0.2) is 0 Å². The molecule has 0 radical (unpaired) electrons. The monoisotopic (exact) mass is 212 g/mol. The summed E-state index contributed by atoms with van der Waals surface area (Å²) in [5, 5.41) is 6.47. The third-order valence-corrected chi connectivity index (χ3v) is 3.57. The van der Waals surface area contributed by atoms with Gasteiger partial charge in [-0.25, -0.2) is 0 Å². The fourth-order valence-corrected chi connectivity index (χ4v) is 1.80. The van der Waals surface area contributed by atoms with Crippen molar-refractivity contribution in [2.45, 2.75) is 40.2 Å². The minimum atomic E-state index is 0.110. The first kappa shape index (κ1) is 12.5. The fourth-order valence-electron chi connectivity index (χ4n) is 1.80. The van der Waals surface area contributed by atoms with Gasteiger partial charge in [0.25, 0.3) is 0 Å². The lowest BCUT2D eigenvalue weighted by Gasteiger charge is -2.31. The molecule has 3 heteroatoms. The molecule has 1 aliphatic heterocycles. The summed E-state index contributed by atoms with van der Waals surface area (Å²) in [6.07, 6.45) is 1.15. The highest BCUT2D eigenvalue weighted by Crippen LogP contribution is 2.14. The van der Waals surface area contributed by atoms with Crippen LogP contribution in [-0.2, 0) is 4.79 Å². The fraction of sp³-hybridized carbons (Fsp3) is 0.917. The maximum atomic E-state index is 11.9. The molecule has 1 rings (SSSR count). The molecule has 3 unspecified atom stereocenters. The van der Waals surface area contributed by atoms with Crippen molar-refractivity contribution in [1.29, 1.82) is 0 Å². The highest BCUT2D eigenvalue weighted by Gasteiger charge is 2.25. The van der Waals surface area contributed by atoms with E-state index >= 15 is 0 Å². The summed E-state index contributed by atoms with van der Waals surface area (Å²) in [6, 6.07) is 0.312. The summed E-state index contributed by atoms with van der Waals surface area (Å²) in [6.45, 7) is 10.4. The molecule has 3 nitrogen and oxygen atoms in total. The largest absolute Gasteiger partial charge is 0.352 e. The van der Waals surface area contributed by atoms with E-state index in [1.807, 2.05) is 6.92 Å². The average Bonchev–Trinajstić information content (AvgIpc) is 2.20. The van der Waals surface area contributed by atoms with E-state index in [4.69, 9.17) is 0 Å². The Morgan fingerprint density at radius 1 is 1.40 bits per heavy atom. The van der Waals surface area contributed by atoms with Crippen molar-refractivity contribution in [3.8, 4) is 0 Å². The summed E-state index contributed by atoms with van der Waals surface area (Å²) in [5.74, 6) is 1.32. The van der Waals surface area contributed by atoms with Crippen molar-refractivity contribution in [2.75, 3.05) is 13.1 Å². The summed E-state index contributed by atoms with van der Waals surface area (Å²) >= 11 is 0. The van der Waals surface area contributed by atoms with Crippen LogP contribution in [0.3, 0.4) is 0 Å². The molecule has 1 fully saturated rings. The minimum Gasteiger partial charge on any atom is -0.352 e. The van der Waals surface area contributed by atoms with Gasteiger partial charge in [-0.3, -0.25) is 4.79 Å². The van der Waals surface area contributed by atoms with Crippen LogP contribution in [0, 0.1) is 17.8 Å². The number of amides is 1. The van der Waals surface area contributed by atoms with Crippen LogP contribution >= 0.6 is 0 Å². The normalized spacial score (nSPS) is 28.9. The van der Waals surface area contributed by atoms with Gasteiger partial charge in [0, 0.05) is 18.5 Å². The maximum absolute atomic E-state index is 11.9. The Hall–Kier alpha value is -0.570. The van der Waals surface area contributed by atoms with Crippen LogP contribution in [0.1, 0.15) is 34.1 Å². The molecule has 1 saturated heterocycles. The molecule has 0 saturated carbocycles. The summed E-state index contributed by atoms with van der Waals surface area (Å²) < 4.78 is 0. The molecule has 0 aliphatic carbocycles. The van der Waals surface area contributed by atoms with Crippen LogP contribution in [0.2, 0.25) is 0 Å². The third kappa shape index (κ3) is 3.49. The first-order valence-electron chi connectivity index (χ1n) is 6.03. The van der Waals surface area contributed by atoms with Crippen molar-refractivity contribution < 1.29 is 4.79 Å². The Morgan fingerprint density at radius 3 is 2.60 bits per heavy atom. The maximum Gasteiger partial charge on any atom is 0.223 e. The van der Waals surface area contributed by atoms with Gasteiger partial charge < -0.3 is 10.6 Å². The van der Waals surface area contributed by atoms with Gasteiger partial charge in [0.1, 0.15) is 0 Å². The first-order valence-corrected chi connectivity index (χ1v) is 6.03. The molecule has 2 N–H and O–H groups in total. The van der Waals surface area contributed by atoms with Crippen LogP contribution in [0.5, 0.6) is 0 Å². The van der Waals surface area contributed by atoms with E-state index in [1.165, 1.54) is 0 Å². The van der Waals surface area contributed by atoms with E-state index in [9.17, 15) is 4.79 Å². The summed E-state index contributed by atoms with van der Waals surface area (Å²) in [5.41, 5.74) is 0. The van der Waals surface area contributed by atoms with E-state index in [0.717, 1.165) is 19.5 Å². The predicted octanol–water partition coefficient (Wildman–Crippen LogP) is 1.39. The number of nitrogens with one attached hydrogen (secondary N) is 2. The molecule has 0 aromatic carbocycles. The number of piperidine rings is 1. The number of hydrogen-bond acceptors (Lipinski definition) is 2. The van der Waals surface area contributed by atoms with Crippen molar-refractivity contribution in [1.82, 2.24) is 10.6 Å². The quantitative estimate of drug-likeness (QED) is 0.742. The van der Waals surface area contributed by atoms with Gasteiger partial charge in [0.05, 0.1) is 0 Å². The highest BCUT2D eigenvalue weighted by molar-refractivity contribution is 5.78. The average molecular weight is 212 g/mol. The van der Waals surface area contributed by atoms with Crippen molar-refractivity contribution in [3.05, 3.63) is 0 Å². The van der Waals surface area contributed by atoms with Crippen LogP contribution < -0.4 is 10.6 Å². The lowest BCUT2D eigenvalue weighted by Crippen LogP contribution is -2.51. The number of carbonyl (C=O) groups excluding carboxylic acids is 1. The van der Waals surface area contributed by atoms with E-state index in [2.05, 4.69) is 31.4 Å². The standard InChI is InChI=1S/C12H24N2O/c1-8(2)10(4)12(15)14-11-7-13-6-5-9(11)3/h8-11,13H,5-7H2,1-4H3,(H,14,15). The smallest absolute Gasteiger partial charge is 0.223 e. The van der Waals surface area contributed by atoms with Crippen molar-refractivity contribution >= 4 is 5.91 Å². The molecule has 1 heterocycles. The van der Waals surface area contributed by atoms with Crippen LogP contribution in [-0.4, -0.2) is 25.0 Å². The van der Waals surface area contributed by atoms with Gasteiger partial charge >= 0.3 is 0 Å². The molecule has 0 bridgehead atoms. The molecule has 88 valence electrons.